The number of aromatic nitrogens is 2. The van der Waals surface area contributed by atoms with Crippen molar-refractivity contribution in [2.75, 3.05) is 5.73 Å². The molecule has 0 amide bonds. The van der Waals surface area contributed by atoms with Crippen molar-refractivity contribution >= 4 is 11.4 Å². The molecule has 1 aromatic heterocycles. The van der Waals surface area contributed by atoms with E-state index in [2.05, 4.69) is 4.98 Å². The van der Waals surface area contributed by atoms with E-state index in [9.17, 15) is 10.1 Å². The van der Waals surface area contributed by atoms with E-state index < -0.39 is 4.92 Å². The molecule has 1 heterocycles. The molecule has 1 aromatic carbocycles. The molecule has 0 saturated carbocycles. The van der Waals surface area contributed by atoms with E-state index in [0.29, 0.717) is 12.1 Å². The van der Waals surface area contributed by atoms with Gasteiger partial charge in [0.1, 0.15) is 17.2 Å². The molecule has 2 N–H and O–H groups in total. The van der Waals surface area contributed by atoms with Gasteiger partial charge in [-0.1, -0.05) is 13.0 Å². The van der Waals surface area contributed by atoms with Gasteiger partial charge in [0.15, 0.2) is 0 Å². The fraction of sp³-hybridized carbons (Fsp3) is 0.182. The third-order valence-electron chi connectivity index (χ3n) is 2.52. The van der Waals surface area contributed by atoms with Crippen LogP contribution in [0, 0.1) is 10.1 Å². The number of nitrogen functional groups attached to an aromatic ring is 1. The molecule has 2 rings (SSSR count). The Labute approximate surface area is 97.9 Å². The van der Waals surface area contributed by atoms with E-state index in [0.717, 1.165) is 5.82 Å². The molecule has 88 valence electrons. The van der Waals surface area contributed by atoms with Crippen molar-refractivity contribution in [3.8, 4) is 5.69 Å². The van der Waals surface area contributed by atoms with Crippen molar-refractivity contribution in [1.82, 2.24) is 9.55 Å². The van der Waals surface area contributed by atoms with Crippen molar-refractivity contribution in [3.63, 3.8) is 0 Å². The number of imidazole rings is 1. The van der Waals surface area contributed by atoms with Gasteiger partial charge in [-0.3, -0.25) is 14.7 Å². The number of rotatable bonds is 3. The standard InChI is InChI=1S/C11H12N4O2/c1-2-10-13-6-7-14(10)9-5-3-4-8(12)11(9)15(16)17/h3-7H,2,12H2,1H3. The van der Waals surface area contributed by atoms with Crippen LogP contribution in [0.25, 0.3) is 5.69 Å². The van der Waals surface area contributed by atoms with Crippen LogP contribution in [0.5, 0.6) is 0 Å². The molecule has 0 bridgehead atoms. The third-order valence-corrected chi connectivity index (χ3v) is 2.52. The topological polar surface area (TPSA) is 87.0 Å². The van der Waals surface area contributed by atoms with Gasteiger partial charge < -0.3 is 5.73 Å². The maximum absolute atomic E-state index is 11.0. The number of hydrogen-bond acceptors (Lipinski definition) is 4. The Hall–Kier alpha value is -2.37. The van der Waals surface area contributed by atoms with Gasteiger partial charge in [0.25, 0.3) is 0 Å². The predicted octanol–water partition coefficient (Wildman–Crippen LogP) is 1.93. The lowest BCUT2D eigenvalue weighted by Gasteiger charge is -2.08. The molecule has 0 fully saturated rings. The third kappa shape index (κ3) is 1.84. The Morgan fingerprint density at radius 3 is 2.94 bits per heavy atom. The normalized spacial score (nSPS) is 10.4. The summed E-state index contributed by atoms with van der Waals surface area (Å²) in [4.78, 5) is 14.7. The van der Waals surface area contributed by atoms with Crippen LogP contribution in [0.2, 0.25) is 0 Å². The second-order valence-electron chi connectivity index (χ2n) is 3.54. The van der Waals surface area contributed by atoms with E-state index in [1.807, 2.05) is 6.92 Å². The van der Waals surface area contributed by atoms with E-state index >= 15 is 0 Å². The van der Waals surface area contributed by atoms with Gasteiger partial charge in [-0.2, -0.15) is 0 Å². The molecular weight excluding hydrogens is 220 g/mol. The van der Waals surface area contributed by atoms with Crippen molar-refractivity contribution < 1.29 is 4.92 Å². The summed E-state index contributed by atoms with van der Waals surface area (Å²) in [5, 5.41) is 11.0. The van der Waals surface area contributed by atoms with Crippen molar-refractivity contribution in [1.29, 1.82) is 0 Å². The summed E-state index contributed by atoms with van der Waals surface area (Å²) >= 11 is 0. The molecular formula is C11H12N4O2. The first-order chi connectivity index (χ1) is 8.15. The lowest BCUT2D eigenvalue weighted by Crippen LogP contribution is -2.05. The average molecular weight is 232 g/mol. The monoisotopic (exact) mass is 232 g/mol. The van der Waals surface area contributed by atoms with Crippen LogP contribution in [0.3, 0.4) is 0 Å². The predicted molar refractivity (Wildman–Crippen MR) is 64.0 cm³/mol. The molecule has 6 nitrogen and oxygen atoms in total. The van der Waals surface area contributed by atoms with Gasteiger partial charge in [-0.05, 0) is 12.1 Å². The Morgan fingerprint density at radius 1 is 1.53 bits per heavy atom. The molecule has 0 aliphatic carbocycles. The molecule has 17 heavy (non-hydrogen) atoms. The SMILES string of the molecule is CCc1nccn1-c1cccc(N)c1[N+](=O)[O-]. The van der Waals surface area contributed by atoms with Gasteiger partial charge in [0.05, 0.1) is 4.92 Å². The first kappa shape index (κ1) is 11.1. The summed E-state index contributed by atoms with van der Waals surface area (Å²) in [6.45, 7) is 1.94. The molecule has 0 saturated heterocycles. The lowest BCUT2D eigenvalue weighted by atomic mass is 10.2. The highest BCUT2D eigenvalue weighted by molar-refractivity contribution is 5.69. The van der Waals surface area contributed by atoms with Crippen molar-refractivity contribution in [3.05, 3.63) is 46.5 Å². The fourth-order valence-electron chi connectivity index (χ4n) is 1.76. The highest BCUT2D eigenvalue weighted by Crippen LogP contribution is 2.29. The molecule has 0 aliphatic rings. The van der Waals surface area contributed by atoms with E-state index in [1.54, 1.807) is 29.1 Å². The number of nitrogens with two attached hydrogens (primary N) is 1. The summed E-state index contributed by atoms with van der Waals surface area (Å²) in [5.41, 5.74) is 6.17. The van der Waals surface area contributed by atoms with Crippen molar-refractivity contribution in [2.24, 2.45) is 0 Å². The summed E-state index contributed by atoms with van der Waals surface area (Å²) < 4.78 is 1.69. The van der Waals surface area contributed by atoms with Crippen molar-refractivity contribution in [2.45, 2.75) is 13.3 Å². The fourth-order valence-corrected chi connectivity index (χ4v) is 1.76. The first-order valence-corrected chi connectivity index (χ1v) is 5.20. The van der Waals surface area contributed by atoms with E-state index in [1.165, 1.54) is 6.07 Å². The Morgan fingerprint density at radius 2 is 2.29 bits per heavy atom. The second kappa shape index (κ2) is 4.25. The van der Waals surface area contributed by atoms with Crippen LogP contribution in [0.1, 0.15) is 12.7 Å². The maximum atomic E-state index is 11.0. The number of hydrogen-bond donors (Lipinski definition) is 1. The highest BCUT2D eigenvalue weighted by atomic mass is 16.6. The lowest BCUT2D eigenvalue weighted by molar-refractivity contribution is -0.383. The van der Waals surface area contributed by atoms with Gasteiger partial charge in [0, 0.05) is 18.8 Å². The molecule has 0 aliphatic heterocycles. The molecule has 0 atom stereocenters. The highest BCUT2D eigenvalue weighted by Gasteiger charge is 2.20. The largest absolute Gasteiger partial charge is 0.393 e. The molecule has 0 spiro atoms. The molecule has 0 unspecified atom stereocenters. The first-order valence-electron chi connectivity index (χ1n) is 5.20. The summed E-state index contributed by atoms with van der Waals surface area (Å²) in [6, 6.07) is 4.87. The maximum Gasteiger partial charge on any atom is 0.315 e. The Bertz CT molecular complexity index is 562. The van der Waals surface area contributed by atoms with E-state index in [-0.39, 0.29) is 11.4 Å². The number of benzene rings is 1. The van der Waals surface area contributed by atoms with Crippen LogP contribution in [0.4, 0.5) is 11.4 Å². The summed E-state index contributed by atoms with van der Waals surface area (Å²) in [6.07, 6.45) is 4.01. The molecule has 2 aromatic rings. The van der Waals surface area contributed by atoms with Crippen LogP contribution in [-0.2, 0) is 6.42 Å². The van der Waals surface area contributed by atoms with Crippen LogP contribution in [0.15, 0.2) is 30.6 Å². The second-order valence-corrected chi connectivity index (χ2v) is 3.54. The number of aryl methyl sites for hydroxylation is 1. The zero-order valence-corrected chi connectivity index (χ0v) is 9.33. The smallest absolute Gasteiger partial charge is 0.315 e. The van der Waals surface area contributed by atoms with Crippen LogP contribution < -0.4 is 5.73 Å². The minimum absolute atomic E-state index is 0.0831. The van der Waals surface area contributed by atoms with Crippen LogP contribution >= 0.6 is 0 Å². The average Bonchev–Trinajstić information content (AvgIpc) is 2.75. The minimum Gasteiger partial charge on any atom is -0.393 e. The quantitative estimate of drug-likeness (QED) is 0.497. The zero-order valence-electron chi connectivity index (χ0n) is 9.33. The zero-order chi connectivity index (χ0) is 12.4. The van der Waals surface area contributed by atoms with Gasteiger partial charge in [-0.25, -0.2) is 4.98 Å². The van der Waals surface area contributed by atoms with Gasteiger partial charge in [0.2, 0.25) is 0 Å². The number of nitro groups is 1. The summed E-state index contributed by atoms with van der Waals surface area (Å²) in [5.74, 6) is 0.763. The molecule has 0 radical (unpaired) electrons. The van der Waals surface area contributed by atoms with Gasteiger partial charge >= 0.3 is 5.69 Å². The number of anilines is 1. The van der Waals surface area contributed by atoms with E-state index in [4.69, 9.17) is 5.73 Å². The number of nitrogens with zero attached hydrogens (tertiary/aromatic N) is 3. The number of nitro benzene ring substituents is 1. The molecule has 6 heteroatoms. The summed E-state index contributed by atoms with van der Waals surface area (Å²) in [7, 11) is 0. The Balaban J connectivity index is 2.67. The minimum atomic E-state index is -0.468. The van der Waals surface area contributed by atoms with Gasteiger partial charge in [-0.15, -0.1) is 0 Å². The van der Waals surface area contributed by atoms with Crippen LogP contribution in [-0.4, -0.2) is 14.5 Å². The number of para-hydroxylation sites is 1. The Kier molecular flexibility index (Phi) is 2.78.